The van der Waals surface area contributed by atoms with Crippen LogP contribution in [0.2, 0.25) is 0 Å². The fourth-order valence-corrected chi connectivity index (χ4v) is 3.11. The number of furan rings is 1. The van der Waals surface area contributed by atoms with E-state index < -0.39 is 0 Å². The number of hydrogen-bond acceptors (Lipinski definition) is 6. The van der Waals surface area contributed by atoms with E-state index in [4.69, 9.17) is 27.1 Å². The molecule has 0 fully saturated rings. The fourth-order valence-electron chi connectivity index (χ4n) is 1.82. The number of amides is 1. The Morgan fingerprint density at radius 1 is 1.62 bits per heavy atom. The number of methoxy groups -OCH3 is 1. The van der Waals surface area contributed by atoms with Crippen molar-refractivity contribution in [2.24, 2.45) is 0 Å². The molecule has 0 atom stereocenters. The van der Waals surface area contributed by atoms with Crippen LogP contribution < -0.4 is 11.1 Å². The number of anilines is 1. The van der Waals surface area contributed by atoms with Crippen molar-refractivity contribution in [3.63, 3.8) is 0 Å². The Hall–Kier alpha value is -1.64. The molecule has 0 spiro atoms. The van der Waals surface area contributed by atoms with Crippen LogP contribution in [0.3, 0.4) is 0 Å². The predicted molar refractivity (Wildman–Crippen MR) is 83.9 cm³/mol. The quantitative estimate of drug-likeness (QED) is 0.603. The molecule has 114 valence electrons. The molecule has 0 aromatic carbocycles. The van der Waals surface area contributed by atoms with Gasteiger partial charge in [-0.1, -0.05) is 11.3 Å². The van der Waals surface area contributed by atoms with Crippen LogP contribution in [-0.2, 0) is 17.8 Å². The average Bonchev–Trinajstić information content (AvgIpc) is 3.07. The minimum atomic E-state index is -0.245. The monoisotopic (exact) mass is 327 g/mol. The molecule has 0 aliphatic rings. The number of ether oxygens (including phenoxy) is 1. The number of nitrogens with one attached hydrogen (secondary N) is 1. The maximum Gasteiger partial charge on any atom is 0.265 e. The van der Waals surface area contributed by atoms with Gasteiger partial charge in [-0.3, -0.25) is 4.79 Å². The van der Waals surface area contributed by atoms with Gasteiger partial charge in [0.05, 0.1) is 12.8 Å². The number of hydrogen-bond donors (Lipinski definition) is 2. The number of thiazole rings is 1. The van der Waals surface area contributed by atoms with Crippen molar-refractivity contribution >= 4 is 35.3 Å². The van der Waals surface area contributed by atoms with Crippen LogP contribution in [0.15, 0.2) is 22.8 Å². The number of nitrogens with two attached hydrogens (primary N) is 1. The van der Waals surface area contributed by atoms with Gasteiger partial charge in [0.2, 0.25) is 0 Å². The van der Waals surface area contributed by atoms with Gasteiger partial charge in [0.25, 0.3) is 5.91 Å². The Kier molecular flexibility index (Phi) is 5.54. The summed E-state index contributed by atoms with van der Waals surface area (Å²) in [6.45, 7) is 1.58. The van der Waals surface area contributed by atoms with E-state index in [0.29, 0.717) is 40.1 Å². The van der Waals surface area contributed by atoms with E-state index >= 15 is 0 Å². The number of carbonyl (C=O) groups is 1. The molecule has 6 nitrogen and oxygen atoms in total. The van der Waals surface area contributed by atoms with E-state index in [-0.39, 0.29) is 5.91 Å². The van der Waals surface area contributed by atoms with Gasteiger partial charge >= 0.3 is 0 Å². The van der Waals surface area contributed by atoms with E-state index in [1.54, 1.807) is 30.1 Å². The van der Waals surface area contributed by atoms with Gasteiger partial charge in [-0.25, -0.2) is 0 Å². The SMILES string of the molecule is COCCCn1c(N)c(C(=O)NCc2ccco2)sc1=S. The zero-order valence-electron chi connectivity index (χ0n) is 11.6. The van der Waals surface area contributed by atoms with Crippen LogP contribution in [0.4, 0.5) is 5.82 Å². The molecule has 3 N–H and O–H groups in total. The van der Waals surface area contributed by atoms with Crippen LogP contribution in [0.1, 0.15) is 21.9 Å². The molecule has 0 saturated carbocycles. The highest BCUT2D eigenvalue weighted by molar-refractivity contribution is 7.73. The summed E-state index contributed by atoms with van der Waals surface area (Å²) < 4.78 is 12.5. The summed E-state index contributed by atoms with van der Waals surface area (Å²) >= 11 is 6.47. The summed E-state index contributed by atoms with van der Waals surface area (Å²) in [5.41, 5.74) is 6.02. The molecule has 0 radical (unpaired) electrons. The van der Waals surface area contributed by atoms with Gasteiger partial charge in [-0.05, 0) is 30.8 Å². The van der Waals surface area contributed by atoms with Crippen LogP contribution in [-0.4, -0.2) is 24.2 Å². The maximum absolute atomic E-state index is 12.1. The first-order valence-corrected chi connectivity index (χ1v) is 7.64. The van der Waals surface area contributed by atoms with Crippen LogP contribution in [0.25, 0.3) is 0 Å². The van der Waals surface area contributed by atoms with Crippen LogP contribution in [0.5, 0.6) is 0 Å². The molecule has 21 heavy (non-hydrogen) atoms. The van der Waals surface area contributed by atoms with Crippen LogP contribution >= 0.6 is 23.6 Å². The molecule has 1 amide bonds. The Labute approximate surface area is 131 Å². The van der Waals surface area contributed by atoms with Crippen molar-refractivity contribution in [1.29, 1.82) is 0 Å². The third kappa shape index (κ3) is 3.93. The molecule has 8 heteroatoms. The molecule has 0 unspecified atom stereocenters. The second kappa shape index (κ2) is 7.39. The van der Waals surface area contributed by atoms with E-state index in [9.17, 15) is 4.79 Å². The fraction of sp³-hybridized carbons (Fsp3) is 0.385. The lowest BCUT2D eigenvalue weighted by atomic mass is 10.4. The van der Waals surface area contributed by atoms with Gasteiger partial charge in [-0.2, -0.15) is 0 Å². The first kappa shape index (κ1) is 15.7. The van der Waals surface area contributed by atoms with Crippen molar-refractivity contribution < 1.29 is 13.9 Å². The molecular formula is C13H17N3O3S2. The van der Waals surface area contributed by atoms with E-state index in [0.717, 1.165) is 6.42 Å². The Morgan fingerprint density at radius 2 is 2.43 bits per heavy atom. The van der Waals surface area contributed by atoms with Crippen molar-refractivity contribution in [2.45, 2.75) is 19.5 Å². The first-order valence-electron chi connectivity index (χ1n) is 6.42. The molecule has 2 rings (SSSR count). The predicted octanol–water partition coefficient (Wildman–Crippen LogP) is 2.42. The van der Waals surface area contributed by atoms with Crippen molar-refractivity contribution in [3.05, 3.63) is 33.0 Å². The van der Waals surface area contributed by atoms with Gasteiger partial charge in [-0.15, -0.1) is 0 Å². The Bertz CT molecular complexity index is 646. The molecular weight excluding hydrogens is 310 g/mol. The second-order valence-electron chi connectivity index (χ2n) is 4.34. The normalized spacial score (nSPS) is 10.7. The lowest BCUT2D eigenvalue weighted by Gasteiger charge is -2.06. The maximum atomic E-state index is 12.1. The minimum absolute atomic E-state index is 0.245. The van der Waals surface area contributed by atoms with Gasteiger partial charge < -0.3 is 24.8 Å². The third-order valence-corrected chi connectivity index (χ3v) is 4.34. The molecule has 0 saturated heterocycles. The van der Waals surface area contributed by atoms with E-state index in [1.807, 2.05) is 0 Å². The lowest BCUT2D eigenvalue weighted by molar-refractivity contribution is 0.0952. The molecule has 0 bridgehead atoms. The minimum Gasteiger partial charge on any atom is -0.467 e. The average molecular weight is 327 g/mol. The van der Waals surface area contributed by atoms with E-state index in [1.165, 1.54) is 11.3 Å². The number of nitrogen functional groups attached to an aromatic ring is 1. The Balaban J connectivity index is 2.03. The topological polar surface area (TPSA) is 82.4 Å². The zero-order chi connectivity index (χ0) is 15.2. The van der Waals surface area contributed by atoms with Crippen molar-refractivity contribution in [3.8, 4) is 0 Å². The molecule has 2 aromatic heterocycles. The number of rotatable bonds is 7. The summed E-state index contributed by atoms with van der Waals surface area (Å²) in [6, 6.07) is 3.56. The molecule has 0 aliphatic heterocycles. The summed E-state index contributed by atoms with van der Waals surface area (Å²) in [7, 11) is 1.64. The molecule has 0 aliphatic carbocycles. The standard InChI is InChI=1S/C13H17N3O3S2/c1-18-6-3-5-16-11(14)10(21-13(16)20)12(17)15-8-9-4-2-7-19-9/h2,4,7H,3,5-6,8,14H2,1H3,(H,15,17). The summed E-state index contributed by atoms with van der Waals surface area (Å²) in [5, 5.41) is 2.76. The van der Waals surface area contributed by atoms with Gasteiger partial charge in [0, 0.05) is 20.3 Å². The number of aromatic nitrogens is 1. The summed E-state index contributed by atoms with van der Waals surface area (Å²) in [5.74, 6) is 0.841. The van der Waals surface area contributed by atoms with Crippen LogP contribution in [0, 0.1) is 3.95 Å². The van der Waals surface area contributed by atoms with Crippen molar-refractivity contribution in [2.75, 3.05) is 19.5 Å². The van der Waals surface area contributed by atoms with E-state index in [2.05, 4.69) is 5.32 Å². The second-order valence-corrected chi connectivity index (χ2v) is 5.99. The number of nitrogens with zero attached hydrogens (tertiary/aromatic N) is 1. The first-order chi connectivity index (χ1) is 10.1. The van der Waals surface area contributed by atoms with Gasteiger partial charge in [0.1, 0.15) is 16.5 Å². The van der Waals surface area contributed by atoms with Gasteiger partial charge in [0.15, 0.2) is 3.95 Å². The Morgan fingerprint density at radius 3 is 3.10 bits per heavy atom. The summed E-state index contributed by atoms with van der Waals surface area (Å²) in [6.07, 6.45) is 2.35. The lowest BCUT2D eigenvalue weighted by Crippen LogP contribution is -2.23. The largest absolute Gasteiger partial charge is 0.467 e. The molecule has 2 heterocycles. The van der Waals surface area contributed by atoms with Crippen molar-refractivity contribution in [1.82, 2.24) is 9.88 Å². The highest BCUT2D eigenvalue weighted by Gasteiger charge is 2.17. The zero-order valence-corrected chi connectivity index (χ0v) is 13.3. The number of carbonyl (C=O) groups excluding carboxylic acids is 1. The highest BCUT2D eigenvalue weighted by atomic mass is 32.1. The summed E-state index contributed by atoms with van der Waals surface area (Å²) in [4.78, 5) is 12.6. The molecule has 2 aromatic rings. The highest BCUT2D eigenvalue weighted by Crippen LogP contribution is 2.22. The third-order valence-electron chi connectivity index (χ3n) is 2.87. The smallest absolute Gasteiger partial charge is 0.265 e.